The molecule has 4 nitrogen and oxygen atoms in total. The highest BCUT2D eigenvalue weighted by atomic mass is 19.1. The fourth-order valence-electron chi connectivity index (χ4n) is 2.01. The van der Waals surface area contributed by atoms with E-state index in [1.165, 1.54) is 12.1 Å². The Morgan fingerprint density at radius 2 is 2.35 bits per heavy atom. The van der Waals surface area contributed by atoms with Crippen molar-refractivity contribution in [2.45, 2.75) is 6.42 Å². The van der Waals surface area contributed by atoms with Crippen molar-refractivity contribution in [3.63, 3.8) is 0 Å². The van der Waals surface area contributed by atoms with Gasteiger partial charge in [0.1, 0.15) is 5.82 Å². The van der Waals surface area contributed by atoms with Crippen LogP contribution in [0, 0.1) is 11.7 Å². The van der Waals surface area contributed by atoms with Crippen LogP contribution in [0.2, 0.25) is 0 Å². The molecule has 1 aromatic rings. The first-order valence-corrected chi connectivity index (χ1v) is 5.57. The lowest BCUT2D eigenvalue weighted by Crippen LogP contribution is -2.29. The molecular formula is C12H15FN2O2. The van der Waals surface area contributed by atoms with E-state index in [1.807, 2.05) is 0 Å². The molecule has 1 saturated heterocycles. The van der Waals surface area contributed by atoms with Gasteiger partial charge in [0, 0.05) is 31.2 Å². The second-order valence-electron chi connectivity index (χ2n) is 4.32. The summed E-state index contributed by atoms with van der Waals surface area (Å²) in [6.07, 6.45) is 0.791. The average Bonchev–Trinajstić information content (AvgIpc) is 2.80. The Hall–Kier alpha value is -1.62. The van der Waals surface area contributed by atoms with Crippen molar-refractivity contribution in [3.05, 3.63) is 29.6 Å². The van der Waals surface area contributed by atoms with E-state index in [1.54, 1.807) is 4.90 Å². The monoisotopic (exact) mass is 238 g/mol. The third kappa shape index (κ3) is 2.39. The molecule has 2 rings (SSSR count). The minimum Gasteiger partial charge on any atom is -0.396 e. The highest BCUT2D eigenvalue weighted by Crippen LogP contribution is 2.19. The molecule has 1 aliphatic heterocycles. The summed E-state index contributed by atoms with van der Waals surface area (Å²) in [5.41, 5.74) is 5.69. The van der Waals surface area contributed by atoms with Crippen molar-refractivity contribution >= 4 is 11.6 Å². The van der Waals surface area contributed by atoms with Gasteiger partial charge in [-0.2, -0.15) is 0 Å². The Balaban J connectivity index is 2.12. The predicted octanol–water partition coefficient (Wildman–Crippen LogP) is 0.862. The van der Waals surface area contributed by atoms with Gasteiger partial charge in [0.25, 0.3) is 5.91 Å². The first kappa shape index (κ1) is 11.9. The van der Waals surface area contributed by atoms with Crippen LogP contribution in [-0.2, 0) is 0 Å². The Kier molecular flexibility index (Phi) is 3.28. The summed E-state index contributed by atoms with van der Waals surface area (Å²) >= 11 is 0. The molecule has 1 fully saturated rings. The van der Waals surface area contributed by atoms with Crippen molar-refractivity contribution in [2.24, 2.45) is 5.92 Å². The second-order valence-corrected chi connectivity index (χ2v) is 4.32. The predicted molar refractivity (Wildman–Crippen MR) is 61.9 cm³/mol. The van der Waals surface area contributed by atoms with Crippen molar-refractivity contribution in [1.82, 2.24) is 4.90 Å². The maximum absolute atomic E-state index is 13.2. The number of amides is 1. The molecule has 1 amide bonds. The number of carbonyl (C=O) groups excluding carboxylic acids is 1. The number of carbonyl (C=O) groups is 1. The van der Waals surface area contributed by atoms with Crippen molar-refractivity contribution in [1.29, 1.82) is 0 Å². The van der Waals surface area contributed by atoms with Crippen LogP contribution >= 0.6 is 0 Å². The molecular weight excluding hydrogens is 223 g/mol. The highest BCUT2D eigenvalue weighted by Gasteiger charge is 2.26. The molecule has 0 radical (unpaired) electrons. The number of hydrogen-bond donors (Lipinski definition) is 2. The van der Waals surface area contributed by atoms with E-state index in [0.29, 0.717) is 18.7 Å². The van der Waals surface area contributed by atoms with Crippen LogP contribution in [0.5, 0.6) is 0 Å². The molecule has 0 saturated carbocycles. The summed E-state index contributed by atoms with van der Waals surface area (Å²) in [6.45, 7) is 1.22. The van der Waals surface area contributed by atoms with Gasteiger partial charge in [-0.1, -0.05) is 0 Å². The van der Waals surface area contributed by atoms with E-state index in [4.69, 9.17) is 10.8 Å². The van der Waals surface area contributed by atoms with Gasteiger partial charge in [0.15, 0.2) is 0 Å². The molecule has 3 N–H and O–H groups in total. The molecule has 1 heterocycles. The van der Waals surface area contributed by atoms with Crippen LogP contribution in [0.3, 0.4) is 0 Å². The van der Waals surface area contributed by atoms with Crippen molar-refractivity contribution in [2.75, 3.05) is 25.4 Å². The Morgan fingerprint density at radius 3 is 2.94 bits per heavy atom. The van der Waals surface area contributed by atoms with Crippen molar-refractivity contribution in [3.8, 4) is 0 Å². The number of halogens is 1. The SMILES string of the molecule is Nc1ccc(C(=O)N2CCC(CO)C2)cc1F. The molecule has 0 aromatic heterocycles. The zero-order valence-corrected chi connectivity index (χ0v) is 9.40. The third-order valence-corrected chi connectivity index (χ3v) is 3.08. The van der Waals surface area contributed by atoms with Crippen LogP contribution in [0.15, 0.2) is 18.2 Å². The first-order valence-electron chi connectivity index (χ1n) is 5.57. The van der Waals surface area contributed by atoms with Gasteiger partial charge in [0.05, 0.1) is 5.69 Å². The lowest BCUT2D eigenvalue weighted by Gasteiger charge is -2.16. The summed E-state index contributed by atoms with van der Waals surface area (Å²) in [7, 11) is 0. The number of hydrogen-bond acceptors (Lipinski definition) is 3. The number of nitrogen functional groups attached to an aromatic ring is 1. The van der Waals surface area contributed by atoms with Crippen LogP contribution < -0.4 is 5.73 Å². The van der Waals surface area contributed by atoms with Gasteiger partial charge in [0.2, 0.25) is 0 Å². The Bertz CT molecular complexity index is 437. The van der Waals surface area contributed by atoms with E-state index >= 15 is 0 Å². The Labute approximate surface area is 98.8 Å². The summed E-state index contributed by atoms with van der Waals surface area (Å²) in [6, 6.07) is 4.07. The number of aliphatic hydroxyl groups excluding tert-OH is 1. The average molecular weight is 238 g/mol. The number of benzene rings is 1. The lowest BCUT2D eigenvalue weighted by atomic mass is 10.1. The fourth-order valence-corrected chi connectivity index (χ4v) is 2.01. The van der Waals surface area contributed by atoms with Gasteiger partial charge < -0.3 is 15.7 Å². The highest BCUT2D eigenvalue weighted by molar-refractivity contribution is 5.94. The summed E-state index contributed by atoms with van der Waals surface area (Å²) in [5.74, 6) is -0.647. The Morgan fingerprint density at radius 1 is 1.59 bits per heavy atom. The minimum atomic E-state index is -0.575. The van der Waals surface area contributed by atoms with Crippen LogP contribution in [0.25, 0.3) is 0 Å². The smallest absolute Gasteiger partial charge is 0.253 e. The van der Waals surface area contributed by atoms with Gasteiger partial charge in [-0.15, -0.1) is 0 Å². The number of rotatable bonds is 2. The van der Waals surface area contributed by atoms with Crippen molar-refractivity contribution < 1.29 is 14.3 Å². The van der Waals surface area contributed by atoms with E-state index in [9.17, 15) is 9.18 Å². The van der Waals surface area contributed by atoms with Gasteiger partial charge >= 0.3 is 0 Å². The van der Waals surface area contributed by atoms with E-state index in [0.717, 1.165) is 12.5 Å². The minimum absolute atomic E-state index is 0.0382. The molecule has 5 heteroatoms. The molecule has 0 bridgehead atoms. The van der Waals surface area contributed by atoms with E-state index in [-0.39, 0.29) is 24.1 Å². The van der Waals surface area contributed by atoms with Gasteiger partial charge in [-0.25, -0.2) is 4.39 Å². The fraction of sp³-hybridized carbons (Fsp3) is 0.417. The van der Waals surface area contributed by atoms with E-state index < -0.39 is 5.82 Å². The molecule has 17 heavy (non-hydrogen) atoms. The largest absolute Gasteiger partial charge is 0.396 e. The third-order valence-electron chi connectivity index (χ3n) is 3.08. The van der Waals surface area contributed by atoms with Crippen LogP contribution in [0.1, 0.15) is 16.8 Å². The normalized spacial score (nSPS) is 19.6. The van der Waals surface area contributed by atoms with Gasteiger partial charge in [-0.3, -0.25) is 4.79 Å². The van der Waals surface area contributed by atoms with Crippen LogP contribution in [0.4, 0.5) is 10.1 Å². The molecule has 1 aliphatic rings. The zero-order chi connectivity index (χ0) is 12.4. The summed E-state index contributed by atoms with van der Waals surface area (Å²) in [5, 5.41) is 9.00. The standard InChI is InChI=1S/C12H15FN2O2/c13-10-5-9(1-2-11(10)14)12(17)15-4-3-8(6-15)7-16/h1-2,5,8,16H,3-4,6-7,14H2. The number of aliphatic hydroxyl groups is 1. The maximum atomic E-state index is 13.2. The molecule has 92 valence electrons. The van der Waals surface area contributed by atoms with Gasteiger partial charge in [-0.05, 0) is 24.6 Å². The first-order chi connectivity index (χ1) is 8.11. The summed E-state index contributed by atoms with van der Waals surface area (Å²) in [4.78, 5) is 13.6. The van der Waals surface area contributed by atoms with Crippen LogP contribution in [-0.4, -0.2) is 35.6 Å². The lowest BCUT2D eigenvalue weighted by molar-refractivity contribution is 0.0781. The molecule has 0 spiro atoms. The molecule has 1 aromatic carbocycles. The zero-order valence-electron chi connectivity index (χ0n) is 9.40. The molecule has 1 atom stereocenters. The second kappa shape index (κ2) is 4.71. The topological polar surface area (TPSA) is 66.6 Å². The quantitative estimate of drug-likeness (QED) is 0.751. The number of likely N-dealkylation sites (tertiary alicyclic amines) is 1. The number of anilines is 1. The maximum Gasteiger partial charge on any atom is 0.253 e. The number of nitrogens with two attached hydrogens (primary N) is 1. The number of nitrogens with zero attached hydrogens (tertiary/aromatic N) is 1. The van der Waals surface area contributed by atoms with E-state index in [2.05, 4.69) is 0 Å². The summed E-state index contributed by atoms with van der Waals surface area (Å²) < 4.78 is 13.2. The molecule has 0 aliphatic carbocycles. The molecule has 1 unspecified atom stereocenters.